The summed E-state index contributed by atoms with van der Waals surface area (Å²) in [7, 11) is 1.37. The number of nitrogens with zero attached hydrogens (tertiary/aromatic N) is 1. The van der Waals surface area contributed by atoms with Crippen molar-refractivity contribution in [3.05, 3.63) is 27.6 Å². The molecule has 3 nitrogen and oxygen atoms in total. The van der Waals surface area contributed by atoms with Crippen LogP contribution in [-0.2, 0) is 0 Å². The van der Waals surface area contributed by atoms with Crippen LogP contribution < -0.4 is 0 Å². The maximum Gasteiger partial charge on any atom is 0.273 e. The standard InChI is InChI=1S/C7H6BrNO2/c1-9(11)5-3-2-4-6(10)7(5)8/h2-4H,1H3/p+1. The summed E-state index contributed by atoms with van der Waals surface area (Å²) < 4.78 is 1.11. The first kappa shape index (κ1) is 8.20. The number of nitroso groups, excluding NO2 is 1. The fraction of sp³-hybridized carbons (Fsp3) is 0.143. The molecule has 11 heavy (non-hydrogen) atoms. The van der Waals surface area contributed by atoms with Crippen molar-refractivity contribution < 1.29 is 9.87 Å². The monoisotopic (exact) mass is 216 g/mol. The van der Waals surface area contributed by atoms with E-state index in [1.807, 2.05) is 0 Å². The smallest absolute Gasteiger partial charge is 0.273 e. The molecule has 0 saturated carbocycles. The van der Waals surface area contributed by atoms with Gasteiger partial charge in [0.15, 0.2) is 7.05 Å². The van der Waals surface area contributed by atoms with Crippen molar-refractivity contribution in [2.75, 3.05) is 7.05 Å². The molecule has 0 aromatic heterocycles. The Morgan fingerprint density at radius 2 is 2.18 bits per heavy atom. The summed E-state index contributed by atoms with van der Waals surface area (Å²) >= 11 is 3.09. The number of hydrogen-bond acceptors (Lipinski definition) is 2. The lowest BCUT2D eigenvalue weighted by Gasteiger charge is -1.94. The van der Waals surface area contributed by atoms with Gasteiger partial charge in [0.25, 0.3) is 5.69 Å². The van der Waals surface area contributed by atoms with Gasteiger partial charge in [0.05, 0.1) is 0 Å². The first-order valence-electron chi connectivity index (χ1n) is 3.01. The molecule has 1 aromatic rings. The predicted octanol–water partition coefficient (Wildman–Crippen LogP) is 2.19. The van der Waals surface area contributed by atoms with E-state index in [2.05, 4.69) is 15.9 Å². The van der Waals surface area contributed by atoms with Gasteiger partial charge in [0, 0.05) is 15.7 Å². The molecular weight excluding hydrogens is 210 g/mol. The van der Waals surface area contributed by atoms with Gasteiger partial charge in [-0.3, -0.25) is 0 Å². The van der Waals surface area contributed by atoms with Crippen LogP contribution in [0.2, 0.25) is 0 Å². The molecule has 0 bridgehead atoms. The highest BCUT2D eigenvalue weighted by Crippen LogP contribution is 2.32. The van der Waals surface area contributed by atoms with Crippen LogP contribution in [0.4, 0.5) is 5.69 Å². The quantitative estimate of drug-likeness (QED) is 0.732. The predicted molar refractivity (Wildman–Crippen MR) is 45.0 cm³/mol. The van der Waals surface area contributed by atoms with Crippen LogP contribution in [0.3, 0.4) is 0 Å². The van der Waals surface area contributed by atoms with Gasteiger partial charge in [-0.25, -0.2) is 0 Å². The van der Waals surface area contributed by atoms with Gasteiger partial charge < -0.3 is 5.11 Å². The first-order valence-corrected chi connectivity index (χ1v) is 3.80. The minimum Gasteiger partial charge on any atom is -0.507 e. The van der Waals surface area contributed by atoms with Gasteiger partial charge in [0.1, 0.15) is 10.2 Å². The molecule has 4 heteroatoms. The average molecular weight is 217 g/mol. The molecule has 1 rings (SSSR count). The molecule has 1 aromatic carbocycles. The number of phenols is 1. The van der Waals surface area contributed by atoms with Crippen LogP contribution >= 0.6 is 15.9 Å². The largest absolute Gasteiger partial charge is 0.507 e. The summed E-state index contributed by atoms with van der Waals surface area (Å²) in [6.45, 7) is 0. The molecule has 1 N–H and O–H groups in total. The van der Waals surface area contributed by atoms with E-state index >= 15 is 0 Å². The van der Waals surface area contributed by atoms with E-state index in [1.54, 1.807) is 12.1 Å². The first-order chi connectivity index (χ1) is 5.13. The Hall–Kier alpha value is -0.900. The fourth-order valence-corrected chi connectivity index (χ4v) is 1.27. The molecule has 0 unspecified atom stereocenters. The van der Waals surface area contributed by atoms with E-state index in [9.17, 15) is 4.91 Å². The van der Waals surface area contributed by atoms with E-state index < -0.39 is 0 Å². The van der Waals surface area contributed by atoms with Crippen LogP contribution in [0, 0.1) is 4.91 Å². The second-order valence-corrected chi connectivity index (χ2v) is 2.90. The second kappa shape index (κ2) is 3.00. The minimum atomic E-state index is 0.0743. The maximum atomic E-state index is 10.8. The summed E-state index contributed by atoms with van der Waals surface area (Å²) in [5.41, 5.74) is 0.421. The highest BCUT2D eigenvalue weighted by molar-refractivity contribution is 9.10. The van der Waals surface area contributed by atoms with Crippen molar-refractivity contribution in [1.82, 2.24) is 0 Å². The van der Waals surface area contributed by atoms with E-state index in [4.69, 9.17) is 5.11 Å². The minimum absolute atomic E-state index is 0.0743. The summed E-state index contributed by atoms with van der Waals surface area (Å²) in [5.74, 6) is 0.0743. The molecule has 0 fully saturated rings. The second-order valence-electron chi connectivity index (χ2n) is 2.11. The Balaban J connectivity index is 3.27. The molecule has 0 aliphatic carbocycles. The lowest BCUT2D eigenvalue weighted by molar-refractivity contribution is -0.429. The Kier molecular flexibility index (Phi) is 2.24. The molecule has 0 heterocycles. The Bertz CT molecular complexity index is 298. The maximum absolute atomic E-state index is 10.8. The molecule has 0 atom stereocenters. The van der Waals surface area contributed by atoms with Crippen molar-refractivity contribution in [3.8, 4) is 5.75 Å². The topological polar surface area (TPSA) is 40.3 Å². The van der Waals surface area contributed by atoms with Crippen molar-refractivity contribution in [1.29, 1.82) is 0 Å². The van der Waals surface area contributed by atoms with E-state index in [0.29, 0.717) is 14.9 Å². The normalized spacial score (nSPS) is 9.64. The Morgan fingerprint density at radius 3 is 2.64 bits per heavy atom. The number of benzene rings is 1. The molecule has 0 radical (unpaired) electrons. The third-order valence-corrected chi connectivity index (χ3v) is 2.11. The van der Waals surface area contributed by atoms with E-state index in [1.165, 1.54) is 13.1 Å². The van der Waals surface area contributed by atoms with Gasteiger partial charge >= 0.3 is 0 Å². The molecule has 0 saturated heterocycles. The van der Waals surface area contributed by atoms with Crippen molar-refractivity contribution in [2.24, 2.45) is 0 Å². The Labute approximate surface area is 72.4 Å². The van der Waals surface area contributed by atoms with Crippen molar-refractivity contribution in [3.63, 3.8) is 0 Å². The van der Waals surface area contributed by atoms with Crippen LogP contribution in [0.5, 0.6) is 5.75 Å². The summed E-state index contributed by atoms with van der Waals surface area (Å²) in [6.07, 6.45) is 0. The van der Waals surface area contributed by atoms with Crippen molar-refractivity contribution in [2.45, 2.75) is 0 Å². The Morgan fingerprint density at radius 1 is 1.55 bits per heavy atom. The van der Waals surface area contributed by atoms with Crippen LogP contribution in [-0.4, -0.2) is 16.9 Å². The summed E-state index contributed by atoms with van der Waals surface area (Å²) in [4.78, 5) is 10.8. The lowest BCUT2D eigenvalue weighted by Crippen LogP contribution is -1.90. The lowest BCUT2D eigenvalue weighted by atomic mass is 10.3. The van der Waals surface area contributed by atoms with Gasteiger partial charge in [-0.05, 0) is 22.0 Å². The molecule has 0 aliphatic rings. The number of rotatable bonds is 1. The SMILES string of the molecule is C[N+](=O)c1cccc(O)c1Br. The average Bonchev–Trinajstić information content (AvgIpc) is 1.94. The number of hydrogen-bond donors (Lipinski definition) is 1. The van der Waals surface area contributed by atoms with Gasteiger partial charge in [0.2, 0.25) is 0 Å². The van der Waals surface area contributed by atoms with Crippen LogP contribution in [0.25, 0.3) is 0 Å². The molecule has 58 valence electrons. The summed E-state index contributed by atoms with van der Waals surface area (Å²) in [6, 6.07) is 4.75. The fourth-order valence-electron chi connectivity index (χ4n) is 0.751. The van der Waals surface area contributed by atoms with Crippen LogP contribution in [0.15, 0.2) is 22.7 Å². The van der Waals surface area contributed by atoms with E-state index in [0.717, 1.165) is 0 Å². The van der Waals surface area contributed by atoms with Gasteiger partial charge in [-0.1, -0.05) is 6.07 Å². The summed E-state index contributed by atoms with van der Waals surface area (Å²) in [5, 5.41) is 9.14. The third-order valence-electron chi connectivity index (χ3n) is 1.30. The van der Waals surface area contributed by atoms with Gasteiger partial charge in [-0.15, -0.1) is 0 Å². The highest BCUT2D eigenvalue weighted by atomic mass is 79.9. The molecule has 0 aliphatic heterocycles. The molecular formula is C7H7BrNO2+. The van der Waals surface area contributed by atoms with Crippen molar-refractivity contribution >= 4 is 21.6 Å². The number of halogens is 1. The third kappa shape index (κ3) is 1.57. The zero-order chi connectivity index (χ0) is 8.43. The molecule has 0 spiro atoms. The van der Waals surface area contributed by atoms with Crippen LogP contribution in [0.1, 0.15) is 0 Å². The number of aromatic hydroxyl groups is 1. The zero-order valence-corrected chi connectivity index (χ0v) is 7.50. The molecule has 0 amide bonds. The number of phenolic OH excluding ortho intramolecular Hbond substituents is 1. The van der Waals surface area contributed by atoms with Gasteiger partial charge in [-0.2, -0.15) is 0 Å². The van der Waals surface area contributed by atoms with E-state index in [-0.39, 0.29) is 5.75 Å². The highest BCUT2D eigenvalue weighted by Gasteiger charge is 2.14. The zero-order valence-electron chi connectivity index (χ0n) is 5.91.